The van der Waals surface area contributed by atoms with E-state index in [0.717, 1.165) is 24.7 Å². The first-order valence-corrected chi connectivity index (χ1v) is 9.88. The molecule has 1 aromatic heterocycles. The number of anilines is 2. The van der Waals surface area contributed by atoms with Crippen LogP contribution in [0, 0.1) is 19.8 Å². The van der Waals surface area contributed by atoms with Gasteiger partial charge in [0.05, 0.1) is 5.69 Å². The number of fused-ring (bicyclic) bond motifs is 1. The van der Waals surface area contributed by atoms with Gasteiger partial charge in [-0.25, -0.2) is 9.97 Å². The summed E-state index contributed by atoms with van der Waals surface area (Å²) < 4.78 is 0. The van der Waals surface area contributed by atoms with Crippen molar-refractivity contribution in [2.24, 2.45) is 5.92 Å². The van der Waals surface area contributed by atoms with Gasteiger partial charge in [0.25, 0.3) is 0 Å². The summed E-state index contributed by atoms with van der Waals surface area (Å²) in [6.07, 6.45) is 5.75. The lowest BCUT2D eigenvalue weighted by Crippen LogP contribution is -2.31. The molecule has 2 aromatic rings. The highest BCUT2D eigenvalue weighted by molar-refractivity contribution is 5.56. The molecule has 2 heterocycles. The van der Waals surface area contributed by atoms with E-state index < -0.39 is 0 Å². The molecule has 4 nitrogen and oxygen atoms in total. The number of hydrogen-bond donors (Lipinski definition) is 1. The lowest BCUT2D eigenvalue weighted by molar-refractivity contribution is 0.163. The quantitative estimate of drug-likeness (QED) is 0.727. The van der Waals surface area contributed by atoms with Crippen LogP contribution in [0.5, 0.6) is 0 Å². The van der Waals surface area contributed by atoms with E-state index in [1.807, 2.05) is 6.20 Å². The summed E-state index contributed by atoms with van der Waals surface area (Å²) >= 11 is 0. The van der Waals surface area contributed by atoms with E-state index in [2.05, 4.69) is 68.0 Å². The van der Waals surface area contributed by atoms with Gasteiger partial charge in [0.2, 0.25) is 5.95 Å². The van der Waals surface area contributed by atoms with Crippen LogP contribution in [0.2, 0.25) is 0 Å². The van der Waals surface area contributed by atoms with Crippen molar-refractivity contribution >= 4 is 11.6 Å². The highest BCUT2D eigenvalue weighted by Gasteiger charge is 2.27. The predicted octanol–water partition coefficient (Wildman–Crippen LogP) is 5.37. The largest absolute Gasteiger partial charge is 0.324 e. The van der Waals surface area contributed by atoms with Gasteiger partial charge in [-0.1, -0.05) is 33.3 Å². The van der Waals surface area contributed by atoms with Crippen LogP contribution in [-0.4, -0.2) is 20.9 Å². The van der Waals surface area contributed by atoms with Gasteiger partial charge in [0, 0.05) is 36.6 Å². The van der Waals surface area contributed by atoms with Gasteiger partial charge in [0.1, 0.15) is 0 Å². The van der Waals surface area contributed by atoms with Crippen molar-refractivity contribution in [2.75, 3.05) is 5.32 Å². The Balaban J connectivity index is 1.73. The van der Waals surface area contributed by atoms with E-state index in [9.17, 15) is 0 Å². The average molecular weight is 353 g/mol. The second kappa shape index (κ2) is 8.17. The highest BCUT2D eigenvalue weighted by atomic mass is 15.2. The smallest absolute Gasteiger partial charge is 0.227 e. The number of benzene rings is 1. The van der Waals surface area contributed by atoms with E-state index in [1.54, 1.807) is 0 Å². The highest BCUT2D eigenvalue weighted by Crippen LogP contribution is 2.28. The van der Waals surface area contributed by atoms with Crippen LogP contribution >= 0.6 is 0 Å². The van der Waals surface area contributed by atoms with Crippen molar-refractivity contribution in [3.8, 4) is 0 Å². The normalized spacial score (nSPS) is 15.3. The Morgan fingerprint density at radius 3 is 2.50 bits per heavy atom. The van der Waals surface area contributed by atoms with Crippen molar-refractivity contribution in [3.63, 3.8) is 0 Å². The van der Waals surface area contributed by atoms with Crippen LogP contribution in [0.1, 0.15) is 62.4 Å². The Morgan fingerprint density at radius 1 is 1.12 bits per heavy atom. The summed E-state index contributed by atoms with van der Waals surface area (Å²) in [5.74, 6) is 1.43. The topological polar surface area (TPSA) is 41.1 Å². The number of rotatable bonds is 7. The molecule has 0 saturated heterocycles. The Hall–Kier alpha value is -1.94. The Kier molecular flexibility index (Phi) is 5.92. The Bertz CT molecular complexity index is 734. The molecule has 1 atom stereocenters. The number of nitrogens with zero attached hydrogens (tertiary/aromatic N) is 3. The molecule has 0 bridgehead atoms. The van der Waals surface area contributed by atoms with E-state index in [0.29, 0.717) is 12.0 Å². The molecule has 0 saturated carbocycles. The monoisotopic (exact) mass is 352 g/mol. The van der Waals surface area contributed by atoms with Crippen LogP contribution in [0.4, 0.5) is 11.6 Å². The molecular formula is C22H32N4. The third kappa shape index (κ3) is 4.61. The summed E-state index contributed by atoms with van der Waals surface area (Å²) in [5, 5.41) is 3.38. The first-order valence-electron chi connectivity index (χ1n) is 9.88. The van der Waals surface area contributed by atoms with Crippen molar-refractivity contribution < 1.29 is 0 Å². The van der Waals surface area contributed by atoms with Crippen molar-refractivity contribution in [1.82, 2.24) is 14.9 Å². The van der Waals surface area contributed by atoms with E-state index in [-0.39, 0.29) is 0 Å². The molecule has 0 fully saturated rings. The fourth-order valence-corrected chi connectivity index (χ4v) is 4.00. The number of aromatic nitrogens is 2. The Labute approximate surface area is 158 Å². The number of nitrogens with one attached hydrogen (secondary N) is 1. The van der Waals surface area contributed by atoms with Crippen LogP contribution in [0.25, 0.3) is 0 Å². The van der Waals surface area contributed by atoms with Crippen LogP contribution in [0.3, 0.4) is 0 Å². The van der Waals surface area contributed by atoms with Gasteiger partial charge < -0.3 is 5.32 Å². The van der Waals surface area contributed by atoms with E-state index in [1.165, 1.54) is 41.6 Å². The zero-order chi connectivity index (χ0) is 18.7. The van der Waals surface area contributed by atoms with Gasteiger partial charge in [-0.15, -0.1) is 0 Å². The van der Waals surface area contributed by atoms with Gasteiger partial charge in [-0.05, 0) is 55.9 Å². The molecule has 1 N–H and O–H groups in total. The maximum Gasteiger partial charge on any atom is 0.227 e. The lowest BCUT2D eigenvalue weighted by Gasteiger charge is -2.28. The molecule has 0 radical (unpaired) electrons. The molecule has 140 valence electrons. The molecule has 0 amide bonds. The predicted molar refractivity (Wildman–Crippen MR) is 109 cm³/mol. The SMILES string of the molecule is CCC[C@H](CC(C)C)N1Cc2cnc(Nc3cc(C)cc(C)c3)nc2C1. The van der Waals surface area contributed by atoms with Crippen molar-refractivity contribution in [2.45, 2.75) is 73.0 Å². The third-order valence-corrected chi connectivity index (χ3v) is 5.04. The summed E-state index contributed by atoms with van der Waals surface area (Å²) in [5.41, 5.74) is 6.00. The molecule has 1 aliphatic heterocycles. The summed E-state index contributed by atoms with van der Waals surface area (Å²) in [6.45, 7) is 13.1. The first kappa shape index (κ1) is 18.8. The second-order valence-corrected chi connectivity index (χ2v) is 8.14. The maximum atomic E-state index is 4.82. The van der Waals surface area contributed by atoms with E-state index in [4.69, 9.17) is 4.98 Å². The minimum atomic E-state index is 0.644. The van der Waals surface area contributed by atoms with Gasteiger partial charge in [0.15, 0.2) is 0 Å². The van der Waals surface area contributed by atoms with Crippen LogP contribution in [-0.2, 0) is 13.1 Å². The average Bonchev–Trinajstić information content (AvgIpc) is 2.96. The minimum absolute atomic E-state index is 0.644. The first-order chi connectivity index (χ1) is 12.4. The van der Waals surface area contributed by atoms with Gasteiger partial charge >= 0.3 is 0 Å². The minimum Gasteiger partial charge on any atom is -0.324 e. The molecular weight excluding hydrogens is 320 g/mol. The summed E-state index contributed by atoms with van der Waals surface area (Å²) in [4.78, 5) is 12.0. The summed E-state index contributed by atoms with van der Waals surface area (Å²) in [7, 11) is 0. The van der Waals surface area contributed by atoms with Crippen LogP contribution in [0.15, 0.2) is 24.4 Å². The fourth-order valence-electron chi connectivity index (χ4n) is 4.00. The number of aryl methyl sites for hydroxylation is 2. The molecule has 0 spiro atoms. The standard InChI is InChI=1S/C22H32N4/c1-6-7-20(8-15(2)3)26-13-18-12-23-22(25-21(18)14-26)24-19-10-16(4)9-17(5)11-19/h9-12,15,20H,6-8,13-14H2,1-5H3,(H,23,24,25)/t20-/m1/s1. The fraction of sp³-hybridized carbons (Fsp3) is 0.545. The van der Waals surface area contributed by atoms with Gasteiger partial charge in [-0.3, -0.25) is 4.90 Å². The molecule has 0 aliphatic carbocycles. The lowest BCUT2D eigenvalue weighted by atomic mass is 9.99. The number of hydrogen-bond acceptors (Lipinski definition) is 4. The van der Waals surface area contributed by atoms with Crippen molar-refractivity contribution in [3.05, 3.63) is 46.8 Å². The summed E-state index contributed by atoms with van der Waals surface area (Å²) in [6, 6.07) is 7.09. The van der Waals surface area contributed by atoms with Crippen molar-refractivity contribution in [1.29, 1.82) is 0 Å². The van der Waals surface area contributed by atoms with Gasteiger partial charge in [-0.2, -0.15) is 0 Å². The maximum absolute atomic E-state index is 4.82. The molecule has 1 aromatic carbocycles. The zero-order valence-corrected chi connectivity index (χ0v) is 16.8. The molecule has 3 rings (SSSR count). The molecule has 4 heteroatoms. The second-order valence-electron chi connectivity index (χ2n) is 8.14. The molecule has 26 heavy (non-hydrogen) atoms. The third-order valence-electron chi connectivity index (χ3n) is 5.04. The Morgan fingerprint density at radius 2 is 1.85 bits per heavy atom. The molecule has 1 aliphatic rings. The van der Waals surface area contributed by atoms with Crippen LogP contribution < -0.4 is 5.32 Å². The van der Waals surface area contributed by atoms with E-state index >= 15 is 0 Å². The molecule has 0 unspecified atom stereocenters. The zero-order valence-electron chi connectivity index (χ0n) is 16.8.